The van der Waals surface area contributed by atoms with Crippen molar-refractivity contribution in [3.8, 4) is 0 Å². The Hall–Kier alpha value is -0.120. The van der Waals surface area contributed by atoms with E-state index >= 15 is 0 Å². The predicted octanol–water partition coefficient (Wildman–Crippen LogP) is 3.44. The molecule has 0 amide bonds. The van der Waals surface area contributed by atoms with Crippen molar-refractivity contribution in [2.45, 2.75) is 77.9 Å². The van der Waals surface area contributed by atoms with Gasteiger partial charge in [0.1, 0.15) is 0 Å². The van der Waals surface area contributed by atoms with Crippen LogP contribution < -0.4 is 5.32 Å². The highest BCUT2D eigenvalue weighted by Gasteiger charge is 2.37. The van der Waals surface area contributed by atoms with Crippen LogP contribution in [0.2, 0.25) is 0 Å². The summed E-state index contributed by atoms with van der Waals surface area (Å²) < 4.78 is 6.07. The Balaban J connectivity index is 2.03. The van der Waals surface area contributed by atoms with Crippen molar-refractivity contribution in [1.82, 2.24) is 10.2 Å². The van der Waals surface area contributed by atoms with Crippen molar-refractivity contribution in [2.75, 3.05) is 32.7 Å². The van der Waals surface area contributed by atoms with Crippen LogP contribution in [0.1, 0.15) is 66.2 Å². The van der Waals surface area contributed by atoms with Gasteiger partial charge in [0.25, 0.3) is 0 Å². The summed E-state index contributed by atoms with van der Waals surface area (Å²) in [5.74, 6) is 0. The third-order valence-corrected chi connectivity index (χ3v) is 5.11. The molecule has 1 saturated carbocycles. The van der Waals surface area contributed by atoms with E-state index in [-0.39, 0.29) is 5.60 Å². The Morgan fingerprint density at radius 2 is 1.81 bits per heavy atom. The van der Waals surface area contributed by atoms with Crippen molar-refractivity contribution in [3.05, 3.63) is 0 Å². The fraction of sp³-hybridized carbons (Fsp3) is 1.00. The van der Waals surface area contributed by atoms with Gasteiger partial charge < -0.3 is 10.1 Å². The van der Waals surface area contributed by atoms with E-state index in [0.717, 1.165) is 19.6 Å². The number of nitrogens with one attached hydrogen (secondary N) is 1. The summed E-state index contributed by atoms with van der Waals surface area (Å²) in [4.78, 5) is 2.68. The third kappa shape index (κ3) is 5.22. The second-order valence-electron chi connectivity index (χ2n) is 8.05. The molecule has 1 aliphatic heterocycles. The molecule has 21 heavy (non-hydrogen) atoms. The van der Waals surface area contributed by atoms with Gasteiger partial charge in [0.05, 0.1) is 11.7 Å². The normalized spacial score (nSPS) is 30.0. The van der Waals surface area contributed by atoms with Crippen LogP contribution in [0.4, 0.5) is 0 Å². The largest absolute Gasteiger partial charge is 0.370 e. The Kier molecular flexibility index (Phi) is 6.10. The molecule has 2 rings (SSSR count). The van der Waals surface area contributed by atoms with E-state index in [1.807, 2.05) is 0 Å². The van der Waals surface area contributed by atoms with Crippen LogP contribution in [0, 0.1) is 5.41 Å². The van der Waals surface area contributed by atoms with Gasteiger partial charge in [-0.05, 0) is 45.6 Å². The fourth-order valence-electron chi connectivity index (χ4n) is 4.44. The molecule has 0 radical (unpaired) electrons. The summed E-state index contributed by atoms with van der Waals surface area (Å²) in [7, 11) is 0. The molecule has 1 unspecified atom stereocenters. The Labute approximate surface area is 131 Å². The maximum absolute atomic E-state index is 6.07. The minimum Gasteiger partial charge on any atom is -0.370 e. The summed E-state index contributed by atoms with van der Waals surface area (Å²) >= 11 is 0. The quantitative estimate of drug-likeness (QED) is 0.787. The van der Waals surface area contributed by atoms with Gasteiger partial charge in [-0.25, -0.2) is 0 Å². The molecule has 3 heteroatoms. The summed E-state index contributed by atoms with van der Waals surface area (Å²) in [6.07, 6.45) is 8.83. The van der Waals surface area contributed by atoms with Crippen molar-refractivity contribution < 1.29 is 4.74 Å². The molecule has 1 aliphatic carbocycles. The Morgan fingerprint density at radius 3 is 2.38 bits per heavy atom. The first-order valence-corrected chi connectivity index (χ1v) is 9.06. The summed E-state index contributed by atoms with van der Waals surface area (Å²) in [5.41, 5.74) is 0.488. The number of rotatable bonds is 5. The minimum absolute atomic E-state index is 0.00176. The van der Waals surface area contributed by atoms with E-state index in [4.69, 9.17) is 4.74 Å². The van der Waals surface area contributed by atoms with Gasteiger partial charge in [0.15, 0.2) is 0 Å². The number of hydrogen-bond donors (Lipinski definition) is 1. The highest BCUT2D eigenvalue weighted by Crippen LogP contribution is 2.36. The van der Waals surface area contributed by atoms with E-state index in [1.54, 1.807) is 0 Å². The Bertz CT molecular complexity index is 308. The van der Waals surface area contributed by atoms with Crippen LogP contribution in [-0.4, -0.2) is 49.3 Å². The molecule has 3 nitrogen and oxygen atoms in total. The predicted molar refractivity (Wildman–Crippen MR) is 89.7 cm³/mol. The lowest BCUT2D eigenvalue weighted by atomic mass is 9.79. The van der Waals surface area contributed by atoms with Crippen LogP contribution in [-0.2, 0) is 4.74 Å². The average molecular weight is 296 g/mol. The van der Waals surface area contributed by atoms with Gasteiger partial charge in [-0.1, -0.05) is 32.6 Å². The first-order valence-electron chi connectivity index (χ1n) is 9.06. The second-order valence-corrected chi connectivity index (χ2v) is 8.05. The fourth-order valence-corrected chi connectivity index (χ4v) is 4.44. The zero-order valence-electron chi connectivity index (χ0n) is 14.7. The van der Waals surface area contributed by atoms with E-state index in [9.17, 15) is 0 Å². The van der Waals surface area contributed by atoms with Crippen LogP contribution >= 0.6 is 0 Å². The van der Waals surface area contributed by atoms with E-state index in [1.165, 1.54) is 51.6 Å². The number of morpholine rings is 1. The molecular formula is C18H36N2O. The van der Waals surface area contributed by atoms with Crippen LogP contribution in [0.25, 0.3) is 0 Å². The molecule has 2 aliphatic rings. The number of nitrogens with zero attached hydrogens (tertiary/aromatic N) is 1. The highest BCUT2D eigenvalue weighted by atomic mass is 16.5. The SMILES string of the molecule is CCNCC1(CN2CC(C)OC(C)(C)C2)CCCCCC1. The summed E-state index contributed by atoms with van der Waals surface area (Å²) in [6.45, 7) is 14.6. The molecule has 2 fully saturated rings. The summed E-state index contributed by atoms with van der Waals surface area (Å²) in [6, 6.07) is 0. The number of hydrogen-bond acceptors (Lipinski definition) is 3. The molecule has 1 heterocycles. The van der Waals surface area contributed by atoms with Gasteiger partial charge in [-0.3, -0.25) is 4.90 Å². The number of ether oxygens (including phenoxy) is 1. The Morgan fingerprint density at radius 1 is 1.14 bits per heavy atom. The lowest BCUT2D eigenvalue weighted by Crippen LogP contribution is -2.55. The van der Waals surface area contributed by atoms with Crippen molar-refractivity contribution in [2.24, 2.45) is 5.41 Å². The second kappa shape index (κ2) is 7.43. The zero-order chi connectivity index (χ0) is 15.3. The van der Waals surface area contributed by atoms with Gasteiger partial charge in [0.2, 0.25) is 0 Å². The van der Waals surface area contributed by atoms with Gasteiger partial charge in [-0.2, -0.15) is 0 Å². The molecule has 0 bridgehead atoms. The van der Waals surface area contributed by atoms with Gasteiger partial charge >= 0.3 is 0 Å². The molecule has 0 aromatic heterocycles. The van der Waals surface area contributed by atoms with Crippen molar-refractivity contribution >= 4 is 0 Å². The van der Waals surface area contributed by atoms with Crippen LogP contribution in [0.15, 0.2) is 0 Å². The monoisotopic (exact) mass is 296 g/mol. The van der Waals surface area contributed by atoms with Gasteiger partial charge in [0, 0.05) is 26.2 Å². The molecule has 0 aromatic rings. The lowest BCUT2D eigenvalue weighted by Gasteiger charge is -2.46. The maximum Gasteiger partial charge on any atom is 0.0757 e. The molecule has 0 aromatic carbocycles. The molecule has 1 saturated heterocycles. The third-order valence-electron chi connectivity index (χ3n) is 5.11. The maximum atomic E-state index is 6.07. The molecule has 1 N–H and O–H groups in total. The summed E-state index contributed by atoms with van der Waals surface area (Å²) in [5, 5.41) is 3.65. The van der Waals surface area contributed by atoms with Crippen LogP contribution in [0.3, 0.4) is 0 Å². The first kappa shape index (κ1) is 17.2. The van der Waals surface area contributed by atoms with Crippen molar-refractivity contribution in [1.29, 1.82) is 0 Å². The van der Waals surface area contributed by atoms with Crippen LogP contribution in [0.5, 0.6) is 0 Å². The lowest BCUT2D eigenvalue weighted by molar-refractivity contribution is -0.135. The zero-order valence-corrected chi connectivity index (χ0v) is 14.7. The smallest absolute Gasteiger partial charge is 0.0757 e. The first-order chi connectivity index (χ1) is 9.95. The van der Waals surface area contributed by atoms with Crippen molar-refractivity contribution in [3.63, 3.8) is 0 Å². The van der Waals surface area contributed by atoms with E-state index in [0.29, 0.717) is 11.5 Å². The van der Waals surface area contributed by atoms with Gasteiger partial charge in [-0.15, -0.1) is 0 Å². The molecule has 124 valence electrons. The van der Waals surface area contributed by atoms with E-state index < -0.39 is 0 Å². The minimum atomic E-state index is 0.00176. The van der Waals surface area contributed by atoms with E-state index in [2.05, 4.69) is 37.9 Å². The standard InChI is InChI=1S/C18H36N2O/c1-5-19-13-18(10-8-6-7-9-11-18)15-20-12-16(2)21-17(3,4)14-20/h16,19H,5-15H2,1-4H3. The average Bonchev–Trinajstić information content (AvgIpc) is 2.60. The topological polar surface area (TPSA) is 24.5 Å². The highest BCUT2D eigenvalue weighted by molar-refractivity contribution is 4.91. The molecule has 1 atom stereocenters. The molecule has 0 spiro atoms. The molecular weight excluding hydrogens is 260 g/mol.